The van der Waals surface area contributed by atoms with Crippen LogP contribution in [0.1, 0.15) is 10.4 Å². The minimum Gasteiger partial charge on any atom is -0.478 e. The van der Waals surface area contributed by atoms with Crippen molar-refractivity contribution in [1.82, 2.24) is 4.98 Å². The number of halogens is 2. The third-order valence-electron chi connectivity index (χ3n) is 2.81. The number of hydrogen-bond acceptors (Lipinski definition) is 3. The molecule has 1 heterocycles. The third kappa shape index (κ3) is 2.13. The molecular formula is C14H7Cl2NO3. The number of carbonyl (C=O) groups is 1. The summed E-state index contributed by atoms with van der Waals surface area (Å²) >= 11 is 11.9. The Hall–Kier alpha value is -2.04. The van der Waals surface area contributed by atoms with Crippen LogP contribution in [0.5, 0.6) is 0 Å². The van der Waals surface area contributed by atoms with E-state index in [0.29, 0.717) is 21.1 Å². The summed E-state index contributed by atoms with van der Waals surface area (Å²) in [5, 5.41) is 10.0. The van der Waals surface area contributed by atoms with Crippen LogP contribution in [0, 0.1) is 0 Å². The molecule has 1 N–H and O–H groups in total. The zero-order valence-electron chi connectivity index (χ0n) is 9.93. The van der Waals surface area contributed by atoms with Crippen LogP contribution in [0.2, 0.25) is 10.0 Å². The molecule has 0 amide bonds. The fourth-order valence-corrected chi connectivity index (χ4v) is 2.38. The molecule has 0 aliphatic rings. The molecule has 4 nitrogen and oxygen atoms in total. The summed E-state index contributed by atoms with van der Waals surface area (Å²) in [6.45, 7) is 0. The van der Waals surface area contributed by atoms with Crippen molar-refractivity contribution in [3.05, 3.63) is 52.0 Å². The highest BCUT2D eigenvalue weighted by Crippen LogP contribution is 2.32. The Kier molecular flexibility index (Phi) is 3.12. The Bertz CT molecular complexity index is 826. The summed E-state index contributed by atoms with van der Waals surface area (Å²) < 4.78 is 5.55. The van der Waals surface area contributed by atoms with Crippen molar-refractivity contribution in [1.29, 1.82) is 0 Å². The first-order chi connectivity index (χ1) is 9.56. The molecule has 0 aliphatic heterocycles. The quantitative estimate of drug-likeness (QED) is 0.757. The molecule has 0 radical (unpaired) electrons. The first-order valence-corrected chi connectivity index (χ1v) is 6.40. The lowest BCUT2D eigenvalue weighted by Gasteiger charge is -1.99. The van der Waals surface area contributed by atoms with E-state index >= 15 is 0 Å². The molecule has 100 valence electrons. The number of fused-ring (bicyclic) bond motifs is 1. The summed E-state index contributed by atoms with van der Waals surface area (Å²) in [7, 11) is 0. The van der Waals surface area contributed by atoms with E-state index in [1.165, 1.54) is 6.07 Å². The van der Waals surface area contributed by atoms with Crippen LogP contribution in [0.15, 0.2) is 40.8 Å². The van der Waals surface area contributed by atoms with Crippen molar-refractivity contribution < 1.29 is 14.3 Å². The van der Waals surface area contributed by atoms with Gasteiger partial charge in [-0.3, -0.25) is 0 Å². The maximum Gasteiger partial charge on any atom is 0.339 e. The number of rotatable bonds is 2. The minimum absolute atomic E-state index is 0.0614. The Morgan fingerprint density at radius 2 is 2.00 bits per heavy atom. The summed E-state index contributed by atoms with van der Waals surface area (Å²) in [4.78, 5) is 15.4. The third-order valence-corrected chi connectivity index (χ3v) is 3.35. The van der Waals surface area contributed by atoms with Crippen molar-refractivity contribution >= 4 is 40.3 Å². The maximum atomic E-state index is 11.1. The number of hydrogen-bond donors (Lipinski definition) is 1. The molecule has 0 atom stereocenters. The van der Waals surface area contributed by atoms with Gasteiger partial charge in [-0.05, 0) is 30.3 Å². The molecule has 2 aromatic carbocycles. The first kappa shape index (κ1) is 13.0. The van der Waals surface area contributed by atoms with Crippen LogP contribution < -0.4 is 0 Å². The lowest BCUT2D eigenvalue weighted by Crippen LogP contribution is -1.95. The van der Waals surface area contributed by atoms with Gasteiger partial charge in [-0.25, -0.2) is 9.78 Å². The molecule has 0 aliphatic carbocycles. The molecule has 0 fully saturated rings. The largest absolute Gasteiger partial charge is 0.478 e. The Labute approximate surface area is 123 Å². The summed E-state index contributed by atoms with van der Waals surface area (Å²) in [5.41, 5.74) is 1.31. The van der Waals surface area contributed by atoms with E-state index < -0.39 is 5.97 Å². The number of benzene rings is 2. The van der Waals surface area contributed by atoms with Crippen LogP contribution in [0.3, 0.4) is 0 Å². The molecule has 0 saturated heterocycles. The SMILES string of the molecule is O=C(O)c1cccc2nc(-c3ccc(Cl)cc3Cl)oc12. The van der Waals surface area contributed by atoms with Crippen molar-refractivity contribution in [2.24, 2.45) is 0 Å². The maximum absolute atomic E-state index is 11.1. The van der Waals surface area contributed by atoms with Gasteiger partial charge in [0.15, 0.2) is 5.58 Å². The molecule has 0 spiro atoms. The average Bonchev–Trinajstić information content (AvgIpc) is 2.81. The fourth-order valence-electron chi connectivity index (χ4n) is 1.90. The summed E-state index contributed by atoms with van der Waals surface area (Å²) in [6, 6.07) is 9.67. The van der Waals surface area contributed by atoms with Gasteiger partial charge in [0.2, 0.25) is 5.89 Å². The number of carboxylic acids is 1. The fraction of sp³-hybridized carbons (Fsp3) is 0. The highest BCUT2D eigenvalue weighted by molar-refractivity contribution is 6.36. The number of aromatic nitrogens is 1. The van der Waals surface area contributed by atoms with Gasteiger partial charge in [0.05, 0.1) is 10.6 Å². The van der Waals surface area contributed by atoms with Crippen LogP contribution >= 0.6 is 23.2 Å². The van der Waals surface area contributed by atoms with Crippen molar-refractivity contribution in [2.75, 3.05) is 0 Å². The van der Waals surface area contributed by atoms with Crippen LogP contribution in [-0.2, 0) is 0 Å². The Balaban J connectivity index is 2.23. The monoisotopic (exact) mass is 307 g/mol. The predicted molar refractivity (Wildman–Crippen MR) is 76.4 cm³/mol. The smallest absolute Gasteiger partial charge is 0.339 e. The highest BCUT2D eigenvalue weighted by atomic mass is 35.5. The number of carboxylic acid groups (broad SMARTS) is 1. The van der Waals surface area contributed by atoms with E-state index in [4.69, 9.17) is 32.7 Å². The van der Waals surface area contributed by atoms with Gasteiger partial charge in [-0.15, -0.1) is 0 Å². The van der Waals surface area contributed by atoms with Gasteiger partial charge in [0.1, 0.15) is 11.1 Å². The standard InChI is InChI=1S/C14H7Cl2NO3/c15-7-4-5-8(10(16)6-7)13-17-11-3-1-2-9(14(18)19)12(11)20-13/h1-6H,(H,18,19). The topological polar surface area (TPSA) is 63.3 Å². The average molecular weight is 308 g/mol. The molecule has 0 bridgehead atoms. The van der Waals surface area contributed by atoms with Gasteiger partial charge in [-0.2, -0.15) is 0 Å². The Morgan fingerprint density at radius 3 is 2.70 bits per heavy atom. The predicted octanol–water partition coefficient (Wildman–Crippen LogP) is 4.50. The van der Waals surface area contributed by atoms with Crippen LogP contribution in [0.4, 0.5) is 0 Å². The second-order valence-corrected chi connectivity index (χ2v) is 4.95. The summed E-state index contributed by atoms with van der Waals surface area (Å²) in [6.07, 6.45) is 0. The van der Waals surface area contributed by atoms with Gasteiger partial charge in [0, 0.05) is 5.02 Å². The van der Waals surface area contributed by atoms with Crippen LogP contribution in [0.25, 0.3) is 22.6 Å². The molecule has 6 heteroatoms. The number of aromatic carboxylic acids is 1. The highest BCUT2D eigenvalue weighted by Gasteiger charge is 2.17. The Morgan fingerprint density at radius 1 is 1.20 bits per heavy atom. The number of oxazole rings is 1. The number of nitrogens with zero attached hydrogens (tertiary/aromatic N) is 1. The van der Waals surface area contributed by atoms with E-state index in [-0.39, 0.29) is 17.0 Å². The molecule has 3 aromatic rings. The van der Waals surface area contributed by atoms with Gasteiger partial charge in [0.25, 0.3) is 0 Å². The van der Waals surface area contributed by atoms with Crippen LogP contribution in [-0.4, -0.2) is 16.1 Å². The molecular weight excluding hydrogens is 301 g/mol. The van der Waals surface area contributed by atoms with E-state index in [2.05, 4.69) is 4.98 Å². The lowest BCUT2D eigenvalue weighted by molar-refractivity contribution is 0.0698. The lowest BCUT2D eigenvalue weighted by atomic mass is 10.2. The zero-order valence-corrected chi connectivity index (χ0v) is 11.4. The normalized spacial score (nSPS) is 10.9. The molecule has 0 saturated carbocycles. The molecule has 1 aromatic heterocycles. The second-order valence-electron chi connectivity index (χ2n) is 4.10. The molecule has 0 unspecified atom stereocenters. The van der Waals surface area contributed by atoms with Crippen molar-refractivity contribution in [3.8, 4) is 11.5 Å². The second kappa shape index (κ2) is 4.81. The van der Waals surface area contributed by atoms with Gasteiger partial charge >= 0.3 is 5.97 Å². The molecule has 20 heavy (non-hydrogen) atoms. The van der Waals surface area contributed by atoms with E-state index in [1.54, 1.807) is 30.3 Å². The van der Waals surface area contributed by atoms with Crippen molar-refractivity contribution in [2.45, 2.75) is 0 Å². The minimum atomic E-state index is -1.07. The van der Waals surface area contributed by atoms with E-state index in [9.17, 15) is 4.79 Å². The zero-order chi connectivity index (χ0) is 14.3. The first-order valence-electron chi connectivity index (χ1n) is 5.64. The number of para-hydroxylation sites is 1. The van der Waals surface area contributed by atoms with E-state index in [0.717, 1.165) is 0 Å². The summed E-state index contributed by atoms with van der Waals surface area (Å²) in [5.74, 6) is -0.809. The van der Waals surface area contributed by atoms with Crippen molar-refractivity contribution in [3.63, 3.8) is 0 Å². The van der Waals surface area contributed by atoms with E-state index in [1.807, 2.05) is 0 Å². The van der Waals surface area contributed by atoms with Gasteiger partial charge in [-0.1, -0.05) is 29.3 Å². The van der Waals surface area contributed by atoms with Gasteiger partial charge < -0.3 is 9.52 Å². The molecule has 3 rings (SSSR count).